The monoisotopic (exact) mass is 284 g/mol. The number of rotatable bonds is 2. The summed E-state index contributed by atoms with van der Waals surface area (Å²) in [6.07, 6.45) is 4.25. The lowest BCUT2D eigenvalue weighted by Crippen LogP contribution is -2.50. The van der Waals surface area contributed by atoms with Crippen LogP contribution in [0.25, 0.3) is 0 Å². The standard InChI is InChI=1S/C17H20N2O2/c1-11-9-10-15(17(21)18-11)19-16(20)14-8-4-6-12-5-2-3-7-13(12)14/h2-3,5,7,14-15H,1,4,6,8-10H2,(H,18,21)(H,19,20)/t14-,15?/m0/s1. The van der Waals surface area contributed by atoms with Crippen molar-refractivity contribution in [3.63, 3.8) is 0 Å². The number of carbonyl (C=O) groups is 2. The predicted molar refractivity (Wildman–Crippen MR) is 80.6 cm³/mol. The van der Waals surface area contributed by atoms with E-state index >= 15 is 0 Å². The van der Waals surface area contributed by atoms with E-state index in [4.69, 9.17) is 0 Å². The molecule has 2 N–H and O–H groups in total. The largest absolute Gasteiger partial charge is 0.344 e. The molecule has 1 unspecified atom stereocenters. The van der Waals surface area contributed by atoms with Crippen LogP contribution < -0.4 is 10.6 Å². The van der Waals surface area contributed by atoms with Crippen LogP contribution in [-0.2, 0) is 16.0 Å². The van der Waals surface area contributed by atoms with Gasteiger partial charge in [0.25, 0.3) is 0 Å². The minimum Gasteiger partial charge on any atom is -0.344 e. The summed E-state index contributed by atoms with van der Waals surface area (Å²) in [7, 11) is 0. The fourth-order valence-electron chi connectivity index (χ4n) is 3.21. The zero-order chi connectivity index (χ0) is 14.8. The zero-order valence-corrected chi connectivity index (χ0v) is 12.0. The van der Waals surface area contributed by atoms with E-state index in [2.05, 4.69) is 23.3 Å². The summed E-state index contributed by atoms with van der Waals surface area (Å²) in [4.78, 5) is 24.4. The Morgan fingerprint density at radius 1 is 1.24 bits per heavy atom. The van der Waals surface area contributed by atoms with Crippen molar-refractivity contribution in [2.75, 3.05) is 0 Å². The van der Waals surface area contributed by atoms with E-state index in [-0.39, 0.29) is 17.7 Å². The molecule has 2 amide bonds. The first kappa shape index (κ1) is 13.9. The van der Waals surface area contributed by atoms with Gasteiger partial charge in [-0.15, -0.1) is 0 Å². The Morgan fingerprint density at radius 3 is 2.86 bits per heavy atom. The number of hydrogen-bond donors (Lipinski definition) is 2. The SMILES string of the molecule is C=C1CCC(NC(=O)[C@H]2CCCc3ccccc32)C(=O)N1. The molecule has 1 heterocycles. The molecule has 1 aliphatic heterocycles. The predicted octanol–water partition coefficient (Wildman–Crippen LogP) is 2.01. The van der Waals surface area contributed by atoms with Crippen molar-refractivity contribution in [3.8, 4) is 0 Å². The van der Waals surface area contributed by atoms with Gasteiger partial charge in [-0.1, -0.05) is 30.8 Å². The zero-order valence-electron chi connectivity index (χ0n) is 12.0. The van der Waals surface area contributed by atoms with Crippen LogP contribution in [0.2, 0.25) is 0 Å². The van der Waals surface area contributed by atoms with Gasteiger partial charge in [-0.2, -0.15) is 0 Å². The quantitative estimate of drug-likeness (QED) is 0.873. The molecule has 1 saturated heterocycles. The minimum atomic E-state index is -0.433. The number of hydrogen-bond acceptors (Lipinski definition) is 2. The lowest BCUT2D eigenvalue weighted by Gasteiger charge is -2.29. The van der Waals surface area contributed by atoms with Gasteiger partial charge in [-0.25, -0.2) is 0 Å². The number of benzene rings is 1. The molecule has 4 nitrogen and oxygen atoms in total. The van der Waals surface area contributed by atoms with Gasteiger partial charge in [0.05, 0.1) is 5.92 Å². The van der Waals surface area contributed by atoms with Crippen molar-refractivity contribution in [2.24, 2.45) is 0 Å². The van der Waals surface area contributed by atoms with Crippen molar-refractivity contribution >= 4 is 11.8 Å². The molecule has 0 saturated carbocycles. The lowest BCUT2D eigenvalue weighted by molar-refractivity contribution is -0.130. The number of fused-ring (bicyclic) bond motifs is 1. The molecule has 2 atom stereocenters. The summed E-state index contributed by atoms with van der Waals surface area (Å²) in [5, 5.41) is 5.62. The Kier molecular flexibility index (Phi) is 3.78. The van der Waals surface area contributed by atoms with Crippen LogP contribution >= 0.6 is 0 Å². The van der Waals surface area contributed by atoms with Crippen LogP contribution in [0.4, 0.5) is 0 Å². The molecule has 0 bridgehead atoms. The van der Waals surface area contributed by atoms with Crippen molar-refractivity contribution in [1.29, 1.82) is 0 Å². The summed E-state index contributed by atoms with van der Waals surface area (Å²) in [5.74, 6) is -0.314. The fraction of sp³-hybridized carbons (Fsp3) is 0.412. The third-order valence-electron chi connectivity index (χ3n) is 4.35. The fourth-order valence-corrected chi connectivity index (χ4v) is 3.21. The van der Waals surface area contributed by atoms with Crippen molar-refractivity contribution < 1.29 is 9.59 Å². The summed E-state index contributed by atoms with van der Waals surface area (Å²) >= 11 is 0. The van der Waals surface area contributed by atoms with Crippen molar-refractivity contribution in [1.82, 2.24) is 10.6 Å². The van der Waals surface area contributed by atoms with Gasteiger partial charge in [0, 0.05) is 5.70 Å². The number of allylic oxidation sites excluding steroid dienone is 1. The van der Waals surface area contributed by atoms with E-state index in [0.29, 0.717) is 6.42 Å². The summed E-state index contributed by atoms with van der Waals surface area (Å²) in [5.41, 5.74) is 3.10. The van der Waals surface area contributed by atoms with E-state index in [9.17, 15) is 9.59 Å². The highest BCUT2D eigenvalue weighted by Gasteiger charge is 2.31. The average molecular weight is 284 g/mol. The van der Waals surface area contributed by atoms with Gasteiger partial charge >= 0.3 is 0 Å². The maximum atomic E-state index is 12.5. The van der Waals surface area contributed by atoms with Crippen LogP contribution in [0.3, 0.4) is 0 Å². The summed E-state index contributed by atoms with van der Waals surface area (Å²) < 4.78 is 0. The Bertz CT molecular complexity index is 594. The third-order valence-corrected chi connectivity index (χ3v) is 4.35. The van der Waals surface area contributed by atoms with Crippen LogP contribution in [0.1, 0.15) is 42.7 Å². The molecule has 0 radical (unpaired) electrons. The molecule has 1 aliphatic carbocycles. The van der Waals surface area contributed by atoms with Gasteiger partial charge in [0.1, 0.15) is 6.04 Å². The molecule has 4 heteroatoms. The molecule has 21 heavy (non-hydrogen) atoms. The molecule has 1 aromatic carbocycles. The van der Waals surface area contributed by atoms with Gasteiger partial charge in [-0.05, 0) is 43.2 Å². The second-order valence-corrected chi connectivity index (χ2v) is 5.84. The van der Waals surface area contributed by atoms with E-state index in [0.717, 1.165) is 36.9 Å². The second-order valence-electron chi connectivity index (χ2n) is 5.84. The minimum absolute atomic E-state index is 0.0326. The third kappa shape index (κ3) is 2.84. The number of aryl methyl sites for hydroxylation is 1. The van der Waals surface area contributed by atoms with E-state index in [1.54, 1.807) is 0 Å². The number of piperidine rings is 1. The second kappa shape index (κ2) is 5.72. The maximum Gasteiger partial charge on any atom is 0.246 e. The van der Waals surface area contributed by atoms with Crippen molar-refractivity contribution in [2.45, 2.75) is 44.1 Å². The average Bonchev–Trinajstić information content (AvgIpc) is 2.49. The van der Waals surface area contributed by atoms with Gasteiger partial charge in [0.15, 0.2) is 0 Å². The lowest BCUT2D eigenvalue weighted by atomic mass is 9.82. The highest BCUT2D eigenvalue weighted by molar-refractivity contribution is 5.92. The molecule has 1 fully saturated rings. The Labute approximate surface area is 124 Å². The molecule has 0 spiro atoms. The van der Waals surface area contributed by atoms with Gasteiger partial charge in [0.2, 0.25) is 11.8 Å². The Hall–Kier alpha value is -2.10. The highest BCUT2D eigenvalue weighted by atomic mass is 16.2. The van der Waals surface area contributed by atoms with Crippen LogP contribution in [0.5, 0.6) is 0 Å². The van der Waals surface area contributed by atoms with Gasteiger partial charge in [-0.3, -0.25) is 9.59 Å². The molecule has 110 valence electrons. The van der Waals surface area contributed by atoms with Crippen LogP contribution in [-0.4, -0.2) is 17.9 Å². The Morgan fingerprint density at radius 2 is 2.05 bits per heavy atom. The number of carbonyl (C=O) groups excluding carboxylic acids is 2. The first-order chi connectivity index (χ1) is 10.1. The summed E-state index contributed by atoms with van der Waals surface area (Å²) in [6.45, 7) is 3.75. The molecule has 1 aromatic rings. The molecular formula is C17H20N2O2. The normalized spacial score (nSPS) is 25.0. The highest BCUT2D eigenvalue weighted by Crippen LogP contribution is 2.31. The molecular weight excluding hydrogens is 264 g/mol. The van der Waals surface area contributed by atoms with Crippen LogP contribution in [0, 0.1) is 0 Å². The van der Waals surface area contributed by atoms with Gasteiger partial charge < -0.3 is 10.6 Å². The topological polar surface area (TPSA) is 58.2 Å². The maximum absolute atomic E-state index is 12.5. The Balaban J connectivity index is 1.72. The first-order valence-corrected chi connectivity index (χ1v) is 7.52. The van der Waals surface area contributed by atoms with E-state index in [1.165, 1.54) is 5.56 Å². The molecule has 2 aliphatic rings. The van der Waals surface area contributed by atoms with Crippen LogP contribution in [0.15, 0.2) is 36.5 Å². The molecule has 3 rings (SSSR count). The van der Waals surface area contributed by atoms with Crippen molar-refractivity contribution in [3.05, 3.63) is 47.7 Å². The summed E-state index contributed by atoms with van der Waals surface area (Å²) in [6, 6.07) is 7.67. The smallest absolute Gasteiger partial charge is 0.246 e. The number of amides is 2. The van der Waals surface area contributed by atoms with E-state index in [1.807, 2.05) is 18.2 Å². The van der Waals surface area contributed by atoms with E-state index < -0.39 is 6.04 Å². The first-order valence-electron chi connectivity index (χ1n) is 7.52. The number of nitrogens with one attached hydrogen (secondary N) is 2. The molecule has 0 aromatic heterocycles.